The summed E-state index contributed by atoms with van der Waals surface area (Å²) < 4.78 is 7.13. The third-order valence-electron chi connectivity index (χ3n) is 2.82. The Kier molecular flexibility index (Phi) is 6.85. The van der Waals surface area contributed by atoms with Crippen molar-refractivity contribution in [3.05, 3.63) is 11.4 Å². The second-order valence-electron chi connectivity index (χ2n) is 4.64. The lowest BCUT2D eigenvalue weighted by atomic mass is 10.2. The normalized spacial score (nSPS) is 11.4. The minimum absolute atomic E-state index is 0.608. The van der Waals surface area contributed by atoms with E-state index in [4.69, 9.17) is 10.5 Å². The zero-order chi connectivity index (χ0) is 13.4. The fraction of sp³-hybridized carbons (Fsp3) is 0.833. The van der Waals surface area contributed by atoms with Gasteiger partial charge in [-0.15, -0.1) is 5.10 Å². The quantitative estimate of drug-likeness (QED) is 0.668. The molecule has 18 heavy (non-hydrogen) atoms. The Labute approximate surface area is 109 Å². The number of hydrogen-bond acceptors (Lipinski definition) is 5. The second-order valence-corrected chi connectivity index (χ2v) is 4.64. The first-order valence-electron chi connectivity index (χ1n) is 6.44. The van der Waals surface area contributed by atoms with Crippen LogP contribution in [0, 0.1) is 0 Å². The molecule has 0 amide bonds. The summed E-state index contributed by atoms with van der Waals surface area (Å²) >= 11 is 0. The predicted molar refractivity (Wildman–Crippen MR) is 71.5 cm³/mol. The van der Waals surface area contributed by atoms with Crippen LogP contribution in [0.15, 0.2) is 0 Å². The molecule has 0 fully saturated rings. The summed E-state index contributed by atoms with van der Waals surface area (Å²) in [5.74, 6) is 0. The van der Waals surface area contributed by atoms with E-state index in [9.17, 15) is 0 Å². The van der Waals surface area contributed by atoms with Crippen molar-refractivity contribution in [3.8, 4) is 0 Å². The molecule has 0 unspecified atom stereocenters. The molecule has 0 bridgehead atoms. The summed E-state index contributed by atoms with van der Waals surface area (Å²) in [4.78, 5) is 2.17. The molecule has 1 aromatic heterocycles. The first-order valence-corrected chi connectivity index (χ1v) is 6.44. The van der Waals surface area contributed by atoms with Crippen molar-refractivity contribution in [2.75, 3.05) is 40.9 Å². The lowest BCUT2D eigenvalue weighted by Gasteiger charge is -2.11. The first kappa shape index (κ1) is 15.1. The molecule has 0 saturated heterocycles. The Morgan fingerprint density at radius 1 is 1.33 bits per heavy atom. The number of nitrogens with two attached hydrogens (primary N) is 1. The molecule has 0 aliphatic rings. The number of ether oxygens (including phenoxy) is 1. The molecule has 1 aromatic rings. The molecular formula is C12H25N5O. The van der Waals surface area contributed by atoms with E-state index in [0.29, 0.717) is 13.2 Å². The average molecular weight is 255 g/mol. The fourth-order valence-electron chi connectivity index (χ4n) is 1.89. The van der Waals surface area contributed by atoms with Crippen LogP contribution in [-0.2, 0) is 24.1 Å². The lowest BCUT2D eigenvalue weighted by Crippen LogP contribution is -2.17. The van der Waals surface area contributed by atoms with Gasteiger partial charge >= 0.3 is 0 Å². The van der Waals surface area contributed by atoms with Gasteiger partial charge in [0.2, 0.25) is 0 Å². The number of aromatic nitrogens is 3. The molecule has 1 heterocycles. The van der Waals surface area contributed by atoms with Crippen molar-refractivity contribution in [2.45, 2.75) is 25.8 Å². The number of rotatable bonds is 9. The zero-order valence-electron chi connectivity index (χ0n) is 11.7. The van der Waals surface area contributed by atoms with Crippen LogP contribution in [-0.4, -0.2) is 60.8 Å². The maximum absolute atomic E-state index is 5.59. The standard InChI is InChI=1S/C12H25N5O/c1-16(2)8-4-9-17-12(6-10-18-3)11(5-7-13)14-15-17/h4-10,13H2,1-3H3. The third-order valence-corrected chi connectivity index (χ3v) is 2.82. The average Bonchev–Trinajstić information content (AvgIpc) is 2.69. The summed E-state index contributed by atoms with van der Waals surface area (Å²) in [6.07, 6.45) is 2.70. The van der Waals surface area contributed by atoms with Crippen molar-refractivity contribution >= 4 is 0 Å². The van der Waals surface area contributed by atoms with Crippen molar-refractivity contribution in [3.63, 3.8) is 0 Å². The minimum atomic E-state index is 0.608. The van der Waals surface area contributed by atoms with E-state index < -0.39 is 0 Å². The highest BCUT2D eigenvalue weighted by Gasteiger charge is 2.11. The largest absolute Gasteiger partial charge is 0.384 e. The molecule has 1 rings (SSSR count). The Morgan fingerprint density at radius 3 is 2.72 bits per heavy atom. The van der Waals surface area contributed by atoms with Crippen LogP contribution >= 0.6 is 0 Å². The zero-order valence-corrected chi connectivity index (χ0v) is 11.7. The van der Waals surface area contributed by atoms with Gasteiger partial charge in [-0.1, -0.05) is 5.21 Å². The van der Waals surface area contributed by atoms with Crippen LogP contribution < -0.4 is 5.73 Å². The highest BCUT2D eigenvalue weighted by atomic mass is 16.5. The Hall–Kier alpha value is -0.980. The molecule has 0 radical (unpaired) electrons. The smallest absolute Gasteiger partial charge is 0.0872 e. The van der Waals surface area contributed by atoms with Gasteiger partial charge in [0, 0.05) is 26.5 Å². The summed E-state index contributed by atoms with van der Waals surface area (Å²) in [7, 11) is 5.86. The summed E-state index contributed by atoms with van der Waals surface area (Å²) in [6.45, 7) is 3.25. The fourth-order valence-corrected chi connectivity index (χ4v) is 1.89. The number of nitrogens with zero attached hydrogens (tertiary/aromatic N) is 4. The van der Waals surface area contributed by atoms with E-state index in [1.807, 2.05) is 4.68 Å². The van der Waals surface area contributed by atoms with Gasteiger partial charge in [-0.3, -0.25) is 0 Å². The van der Waals surface area contributed by atoms with Crippen molar-refractivity contribution in [1.29, 1.82) is 0 Å². The Morgan fingerprint density at radius 2 is 2.11 bits per heavy atom. The Balaban J connectivity index is 2.63. The van der Waals surface area contributed by atoms with Crippen molar-refractivity contribution in [1.82, 2.24) is 19.9 Å². The highest BCUT2D eigenvalue weighted by Crippen LogP contribution is 2.08. The molecule has 0 saturated carbocycles. The maximum Gasteiger partial charge on any atom is 0.0872 e. The maximum atomic E-state index is 5.59. The molecule has 104 valence electrons. The predicted octanol–water partition coefficient (Wildman–Crippen LogP) is -0.0801. The molecule has 0 aliphatic carbocycles. The van der Waals surface area contributed by atoms with Crippen LogP contribution in [0.1, 0.15) is 17.8 Å². The number of hydrogen-bond donors (Lipinski definition) is 1. The van der Waals surface area contributed by atoms with Gasteiger partial charge in [0.25, 0.3) is 0 Å². The lowest BCUT2D eigenvalue weighted by molar-refractivity contribution is 0.199. The molecule has 0 atom stereocenters. The summed E-state index contributed by atoms with van der Waals surface area (Å²) in [5, 5.41) is 8.44. The van der Waals surface area contributed by atoms with Crippen LogP contribution in [0.4, 0.5) is 0 Å². The van der Waals surface area contributed by atoms with Crippen LogP contribution in [0.3, 0.4) is 0 Å². The van der Waals surface area contributed by atoms with Crippen LogP contribution in [0.25, 0.3) is 0 Å². The van der Waals surface area contributed by atoms with Crippen molar-refractivity contribution < 1.29 is 4.74 Å². The van der Waals surface area contributed by atoms with Crippen molar-refractivity contribution in [2.24, 2.45) is 5.73 Å². The van der Waals surface area contributed by atoms with Gasteiger partial charge in [0.15, 0.2) is 0 Å². The molecule has 0 aromatic carbocycles. The van der Waals surface area contributed by atoms with Gasteiger partial charge in [0.1, 0.15) is 0 Å². The van der Waals surface area contributed by atoms with E-state index in [-0.39, 0.29) is 0 Å². The van der Waals surface area contributed by atoms with E-state index in [0.717, 1.165) is 38.0 Å². The molecule has 0 aliphatic heterocycles. The van der Waals surface area contributed by atoms with Gasteiger partial charge < -0.3 is 15.4 Å². The Bertz CT molecular complexity index is 337. The molecule has 2 N–H and O–H groups in total. The van der Waals surface area contributed by atoms with E-state index in [1.165, 1.54) is 5.69 Å². The van der Waals surface area contributed by atoms with E-state index in [2.05, 4.69) is 29.3 Å². The number of aryl methyl sites for hydroxylation is 1. The summed E-state index contributed by atoms with van der Waals surface area (Å²) in [5.41, 5.74) is 7.77. The number of methoxy groups -OCH3 is 1. The monoisotopic (exact) mass is 255 g/mol. The summed E-state index contributed by atoms with van der Waals surface area (Å²) in [6, 6.07) is 0. The van der Waals surface area contributed by atoms with E-state index >= 15 is 0 Å². The SMILES string of the molecule is COCCc1c(CCN)nnn1CCCN(C)C. The van der Waals surface area contributed by atoms with Gasteiger partial charge in [-0.2, -0.15) is 0 Å². The second kappa shape index (κ2) is 8.18. The van der Waals surface area contributed by atoms with E-state index in [1.54, 1.807) is 7.11 Å². The molecule has 6 nitrogen and oxygen atoms in total. The van der Waals surface area contributed by atoms with Gasteiger partial charge in [0.05, 0.1) is 18.0 Å². The van der Waals surface area contributed by atoms with Gasteiger partial charge in [-0.05, 0) is 33.6 Å². The third kappa shape index (κ3) is 4.72. The highest BCUT2D eigenvalue weighted by molar-refractivity contribution is 5.11. The molecular weight excluding hydrogens is 230 g/mol. The topological polar surface area (TPSA) is 69.2 Å². The minimum Gasteiger partial charge on any atom is -0.384 e. The molecule has 0 spiro atoms. The van der Waals surface area contributed by atoms with Crippen LogP contribution in [0.5, 0.6) is 0 Å². The molecule has 6 heteroatoms. The first-order chi connectivity index (χ1) is 8.69. The van der Waals surface area contributed by atoms with Crippen LogP contribution in [0.2, 0.25) is 0 Å². The van der Waals surface area contributed by atoms with Gasteiger partial charge in [-0.25, -0.2) is 4.68 Å².